The normalized spacial score (nSPS) is 11.5. The van der Waals surface area contributed by atoms with Gasteiger partial charge in [-0.05, 0) is 35.4 Å². The van der Waals surface area contributed by atoms with Crippen LogP contribution in [0.3, 0.4) is 0 Å². The van der Waals surface area contributed by atoms with E-state index >= 15 is 0 Å². The first-order chi connectivity index (χ1) is 30.8. The summed E-state index contributed by atoms with van der Waals surface area (Å²) in [4.78, 5) is 30.7. The number of fused-ring (bicyclic) bond motifs is 6. The fraction of sp³-hybridized carbons (Fsp3) is 0. The molecule has 0 atom stereocenters. The van der Waals surface area contributed by atoms with Gasteiger partial charge in [0.2, 0.25) is 11.9 Å². The quantitative estimate of drug-likeness (QED) is 0.160. The van der Waals surface area contributed by atoms with Crippen LogP contribution in [0.4, 0.5) is 0 Å². The van der Waals surface area contributed by atoms with Crippen LogP contribution in [0.2, 0.25) is 0 Å². The van der Waals surface area contributed by atoms with Crippen LogP contribution in [0.5, 0.6) is 0 Å². The Morgan fingerprint density at radius 2 is 0.532 bits per heavy atom. The van der Waals surface area contributed by atoms with E-state index in [1.807, 2.05) is 121 Å². The second-order valence-corrected chi connectivity index (χ2v) is 15.1. The first-order valence-corrected chi connectivity index (χ1v) is 20.6. The summed E-state index contributed by atoms with van der Waals surface area (Å²) in [5, 5.41) is 4.40. The fourth-order valence-electron chi connectivity index (χ4n) is 8.71. The van der Waals surface area contributed by atoms with Crippen LogP contribution < -0.4 is 0 Å². The zero-order valence-corrected chi connectivity index (χ0v) is 33.2. The van der Waals surface area contributed by atoms with Crippen LogP contribution >= 0.6 is 0 Å². The number of benzene rings is 8. The number of rotatable bonds is 7. The van der Waals surface area contributed by atoms with E-state index in [0.717, 1.165) is 77.0 Å². The molecule has 0 spiro atoms. The minimum atomic E-state index is 0.550. The highest BCUT2D eigenvalue weighted by Gasteiger charge is 2.24. The first-order valence-electron chi connectivity index (χ1n) is 20.6. The Morgan fingerprint density at radius 1 is 0.242 bits per heavy atom. The lowest BCUT2D eigenvalue weighted by atomic mass is 9.95. The van der Waals surface area contributed by atoms with Gasteiger partial charge in [-0.1, -0.05) is 182 Å². The molecule has 12 rings (SSSR count). The molecule has 8 nitrogen and oxygen atoms in total. The van der Waals surface area contributed by atoms with Crippen molar-refractivity contribution in [1.82, 2.24) is 39.0 Å². The Hall–Kier alpha value is -8.62. The van der Waals surface area contributed by atoms with Crippen LogP contribution in [-0.2, 0) is 0 Å². The predicted octanol–water partition coefficient (Wildman–Crippen LogP) is 12.6. The van der Waals surface area contributed by atoms with Crippen molar-refractivity contribution in [2.45, 2.75) is 0 Å². The van der Waals surface area contributed by atoms with E-state index in [4.69, 9.17) is 29.9 Å². The molecule has 0 unspecified atom stereocenters. The van der Waals surface area contributed by atoms with E-state index in [1.165, 1.54) is 0 Å². The molecule has 8 heteroatoms. The minimum absolute atomic E-state index is 0.550. The van der Waals surface area contributed by atoms with Crippen LogP contribution in [-0.4, -0.2) is 39.0 Å². The molecule has 0 aliphatic heterocycles. The largest absolute Gasteiger partial charge is 0.278 e. The van der Waals surface area contributed by atoms with E-state index in [9.17, 15) is 0 Å². The van der Waals surface area contributed by atoms with Crippen LogP contribution in [0.25, 0.3) is 112 Å². The highest BCUT2D eigenvalue weighted by Crippen LogP contribution is 2.44. The summed E-state index contributed by atoms with van der Waals surface area (Å²) in [5.41, 5.74) is 9.85. The van der Waals surface area contributed by atoms with Gasteiger partial charge in [-0.2, -0.15) is 19.9 Å². The van der Waals surface area contributed by atoms with Gasteiger partial charge in [-0.25, -0.2) is 9.97 Å². The van der Waals surface area contributed by atoms with Crippen molar-refractivity contribution in [2.75, 3.05) is 0 Å². The van der Waals surface area contributed by atoms with Crippen LogP contribution in [0, 0.1) is 0 Å². The second kappa shape index (κ2) is 14.6. The third kappa shape index (κ3) is 5.84. The highest BCUT2D eigenvalue weighted by atomic mass is 15.2. The van der Waals surface area contributed by atoms with Gasteiger partial charge < -0.3 is 0 Å². The molecular weight excluding hydrogens is 761 g/mol. The Bertz CT molecular complexity index is 3260. The van der Waals surface area contributed by atoms with E-state index < -0.39 is 0 Å². The fourth-order valence-corrected chi connectivity index (χ4v) is 8.71. The van der Waals surface area contributed by atoms with Gasteiger partial charge in [0.15, 0.2) is 23.3 Å². The van der Waals surface area contributed by atoms with E-state index in [2.05, 4.69) is 94.1 Å². The maximum atomic E-state index is 5.18. The average molecular weight is 795 g/mol. The molecule has 0 saturated heterocycles. The molecule has 12 aromatic rings. The topological polar surface area (TPSA) is 87.2 Å². The Balaban J connectivity index is 1.12. The Morgan fingerprint density at radius 3 is 0.871 bits per heavy atom. The summed E-state index contributed by atoms with van der Waals surface area (Å²) in [6.45, 7) is 0. The third-order valence-corrected chi connectivity index (χ3v) is 11.5. The van der Waals surface area contributed by atoms with Crippen molar-refractivity contribution >= 4 is 43.6 Å². The monoisotopic (exact) mass is 794 g/mol. The molecule has 290 valence electrons. The Labute approximate surface area is 356 Å². The van der Waals surface area contributed by atoms with Crippen LogP contribution in [0.15, 0.2) is 206 Å². The van der Waals surface area contributed by atoms with Gasteiger partial charge in [-0.15, -0.1) is 0 Å². The Kier molecular flexibility index (Phi) is 8.31. The zero-order chi connectivity index (χ0) is 41.0. The predicted molar refractivity (Wildman–Crippen MR) is 249 cm³/mol. The summed E-state index contributed by atoms with van der Waals surface area (Å²) in [6, 6.07) is 70.5. The van der Waals surface area contributed by atoms with E-state index in [0.29, 0.717) is 35.2 Å². The summed E-state index contributed by atoms with van der Waals surface area (Å²) in [6.07, 6.45) is 0. The molecule has 0 bridgehead atoms. The molecule has 0 fully saturated rings. The van der Waals surface area contributed by atoms with Gasteiger partial charge in [0.05, 0.1) is 22.1 Å². The molecule has 0 amide bonds. The third-order valence-electron chi connectivity index (χ3n) is 11.5. The lowest BCUT2D eigenvalue weighted by Crippen LogP contribution is -2.06. The van der Waals surface area contributed by atoms with Crippen molar-refractivity contribution in [2.24, 2.45) is 0 Å². The van der Waals surface area contributed by atoms with E-state index in [1.54, 1.807) is 0 Å². The molecule has 8 aromatic carbocycles. The zero-order valence-electron chi connectivity index (χ0n) is 33.2. The number of hydrogen-bond acceptors (Lipinski definition) is 6. The van der Waals surface area contributed by atoms with Crippen molar-refractivity contribution < 1.29 is 0 Å². The van der Waals surface area contributed by atoms with Gasteiger partial charge in [0.25, 0.3) is 0 Å². The molecule has 62 heavy (non-hydrogen) atoms. The number of nitrogens with zero attached hydrogens (tertiary/aromatic N) is 8. The van der Waals surface area contributed by atoms with E-state index in [-0.39, 0.29) is 0 Å². The number of para-hydroxylation sites is 2. The van der Waals surface area contributed by atoms with Gasteiger partial charge in [0, 0.05) is 43.8 Å². The molecule has 4 aromatic heterocycles. The minimum Gasteiger partial charge on any atom is -0.278 e. The maximum absolute atomic E-state index is 5.18. The summed E-state index contributed by atoms with van der Waals surface area (Å²) < 4.78 is 4.36. The molecule has 0 saturated carbocycles. The van der Waals surface area contributed by atoms with Gasteiger partial charge in [0.1, 0.15) is 0 Å². The molecular formula is C54H34N8. The van der Waals surface area contributed by atoms with Gasteiger partial charge >= 0.3 is 0 Å². The molecule has 0 N–H and O–H groups in total. The summed E-state index contributed by atoms with van der Waals surface area (Å²) in [7, 11) is 0. The maximum Gasteiger partial charge on any atom is 0.238 e. The van der Waals surface area contributed by atoms with Crippen LogP contribution in [0.1, 0.15) is 0 Å². The lowest BCUT2D eigenvalue weighted by Gasteiger charge is -2.12. The summed E-state index contributed by atoms with van der Waals surface area (Å²) >= 11 is 0. The molecule has 0 aliphatic carbocycles. The first kappa shape index (κ1) is 35.3. The summed E-state index contributed by atoms with van der Waals surface area (Å²) in [5.74, 6) is 3.54. The standard InChI is InChI=1S/C54H34N8/c1-5-19-35(20-6-1)49-55-50(36-21-7-2-8-22-36)58-53(57-49)61-43-31-15-13-27-41(43)47-39(29-17-33-45(47)61)40-30-18-34-46-48(40)42-28-14-16-32-44(42)62(46)54-59-51(37-23-9-3-10-24-37)56-52(60-54)38-25-11-4-12-26-38/h1-34H. The molecule has 0 aliphatic rings. The molecule has 0 radical (unpaired) electrons. The average Bonchev–Trinajstić information content (AvgIpc) is 3.88. The van der Waals surface area contributed by atoms with Crippen molar-refractivity contribution in [1.29, 1.82) is 0 Å². The van der Waals surface area contributed by atoms with Gasteiger partial charge in [-0.3, -0.25) is 9.13 Å². The van der Waals surface area contributed by atoms with Crippen molar-refractivity contribution in [3.63, 3.8) is 0 Å². The number of hydrogen-bond donors (Lipinski definition) is 0. The smallest absolute Gasteiger partial charge is 0.238 e. The number of aromatic nitrogens is 8. The van der Waals surface area contributed by atoms with Crippen molar-refractivity contribution in [3.05, 3.63) is 206 Å². The SMILES string of the molecule is c1ccc(-c2nc(-c3ccccc3)nc(-n3c4ccccc4c4c(-c5cccc6c5c5ccccc5n6-c5nc(-c6ccccc6)nc(-c6ccccc6)n5)cccc43)n2)cc1. The second-order valence-electron chi connectivity index (χ2n) is 15.1. The lowest BCUT2D eigenvalue weighted by molar-refractivity contribution is 0.953. The highest BCUT2D eigenvalue weighted by molar-refractivity contribution is 6.22. The van der Waals surface area contributed by atoms with Crippen molar-refractivity contribution in [3.8, 4) is 68.6 Å². The molecule has 4 heterocycles.